The van der Waals surface area contributed by atoms with E-state index in [1.54, 1.807) is 31.0 Å². The van der Waals surface area contributed by atoms with Gasteiger partial charge in [0, 0.05) is 25.7 Å². The summed E-state index contributed by atoms with van der Waals surface area (Å²) >= 11 is 0. The van der Waals surface area contributed by atoms with Crippen LogP contribution in [-0.4, -0.2) is 30.4 Å². The van der Waals surface area contributed by atoms with Crippen molar-refractivity contribution in [1.29, 1.82) is 5.26 Å². The van der Waals surface area contributed by atoms with Crippen LogP contribution in [0.2, 0.25) is 0 Å². The van der Waals surface area contributed by atoms with Crippen LogP contribution in [0, 0.1) is 17.1 Å². The van der Waals surface area contributed by atoms with Gasteiger partial charge in [0.25, 0.3) is 0 Å². The second kappa shape index (κ2) is 6.86. The number of benzene rings is 1. The highest BCUT2D eigenvalue weighted by atomic mass is 19.1. The summed E-state index contributed by atoms with van der Waals surface area (Å²) in [4.78, 5) is 13.4. The summed E-state index contributed by atoms with van der Waals surface area (Å²) in [5, 5.41) is 11.6. The highest BCUT2D eigenvalue weighted by Gasteiger charge is 2.16. The smallest absolute Gasteiger partial charge is 0.239 e. The van der Waals surface area contributed by atoms with E-state index >= 15 is 0 Å². The zero-order chi connectivity index (χ0) is 14.4. The number of nitrogens with one attached hydrogen (secondary N) is 1. The number of nitriles is 1. The number of carbonyl (C=O) groups is 1. The van der Waals surface area contributed by atoms with Crippen LogP contribution in [0.4, 0.5) is 4.39 Å². The average Bonchev–Trinajstić information content (AvgIpc) is 2.43. The Bertz CT molecular complexity index is 496. The summed E-state index contributed by atoms with van der Waals surface area (Å²) in [7, 11) is 1.73. The molecule has 1 atom stereocenters. The topological polar surface area (TPSA) is 56.1 Å². The normalized spacial score (nSPS) is 11.7. The number of amides is 1. The lowest BCUT2D eigenvalue weighted by Gasteiger charge is -2.20. The van der Waals surface area contributed by atoms with Crippen molar-refractivity contribution in [1.82, 2.24) is 10.2 Å². The Morgan fingerprint density at radius 3 is 2.79 bits per heavy atom. The molecule has 1 aromatic rings. The Kier molecular flexibility index (Phi) is 5.46. The molecule has 102 valence electrons. The van der Waals surface area contributed by atoms with Gasteiger partial charge in [-0.25, -0.2) is 4.39 Å². The van der Waals surface area contributed by atoms with Gasteiger partial charge >= 0.3 is 0 Å². The predicted octanol–water partition coefficient (Wildman–Crippen LogP) is 1.65. The van der Waals surface area contributed by atoms with Crippen LogP contribution in [0.5, 0.6) is 0 Å². The molecule has 0 aliphatic carbocycles. The Hall–Kier alpha value is -1.93. The van der Waals surface area contributed by atoms with E-state index in [1.165, 1.54) is 6.07 Å². The number of likely N-dealkylation sites (N-methyl/N-ethyl adjacent to an activating group) is 1. The molecule has 19 heavy (non-hydrogen) atoms. The lowest BCUT2D eigenvalue weighted by molar-refractivity contribution is -0.131. The molecule has 0 aliphatic rings. The van der Waals surface area contributed by atoms with E-state index in [9.17, 15) is 9.18 Å². The summed E-state index contributed by atoms with van der Waals surface area (Å²) < 4.78 is 13.6. The van der Waals surface area contributed by atoms with Gasteiger partial charge in [-0.2, -0.15) is 5.26 Å². The molecule has 0 heterocycles. The third-order valence-corrected chi connectivity index (χ3v) is 3.00. The number of halogens is 1. The number of hydrogen-bond acceptors (Lipinski definition) is 3. The molecule has 0 aliphatic heterocycles. The lowest BCUT2D eigenvalue weighted by atomic mass is 10.1. The van der Waals surface area contributed by atoms with Crippen molar-refractivity contribution in [3.05, 3.63) is 35.1 Å². The monoisotopic (exact) mass is 263 g/mol. The van der Waals surface area contributed by atoms with E-state index in [0.29, 0.717) is 12.1 Å². The van der Waals surface area contributed by atoms with Gasteiger partial charge in [-0.15, -0.1) is 0 Å². The molecule has 0 aromatic heterocycles. The van der Waals surface area contributed by atoms with Crippen LogP contribution in [-0.2, 0) is 11.3 Å². The zero-order valence-corrected chi connectivity index (χ0v) is 11.4. The molecule has 1 aromatic carbocycles. The van der Waals surface area contributed by atoms with Crippen LogP contribution in [0.15, 0.2) is 18.2 Å². The highest BCUT2D eigenvalue weighted by molar-refractivity contribution is 5.81. The molecule has 0 spiro atoms. The van der Waals surface area contributed by atoms with Gasteiger partial charge in [0.05, 0.1) is 17.7 Å². The zero-order valence-electron chi connectivity index (χ0n) is 11.4. The quantitative estimate of drug-likeness (QED) is 0.879. The van der Waals surface area contributed by atoms with Gasteiger partial charge in [0.2, 0.25) is 5.91 Å². The number of carbonyl (C=O) groups excluding carboxylic acids is 1. The lowest BCUT2D eigenvalue weighted by Crippen LogP contribution is -2.42. The van der Waals surface area contributed by atoms with E-state index < -0.39 is 5.82 Å². The van der Waals surface area contributed by atoms with Crippen molar-refractivity contribution in [2.45, 2.75) is 26.4 Å². The first kappa shape index (κ1) is 15.1. The fourth-order valence-electron chi connectivity index (χ4n) is 1.60. The average molecular weight is 263 g/mol. The van der Waals surface area contributed by atoms with Gasteiger partial charge in [-0.05, 0) is 26.0 Å². The maximum atomic E-state index is 13.6. The van der Waals surface area contributed by atoms with Gasteiger partial charge in [-0.1, -0.05) is 6.07 Å². The van der Waals surface area contributed by atoms with Crippen LogP contribution in [0.3, 0.4) is 0 Å². The number of rotatable bonds is 5. The summed E-state index contributed by atoms with van der Waals surface area (Å²) in [6.07, 6.45) is 0. The second-order valence-electron chi connectivity index (χ2n) is 4.37. The van der Waals surface area contributed by atoms with Gasteiger partial charge in [-0.3, -0.25) is 4.79 Å². The minimum absolute atomic E-state index is 0.0310. The van der Waals surface area contributed by atoms with Crippen molar-refractivity contribution in [2.24, 2.45) is 0 Å². The third-order valence-electron chi connectivity index (χ3n) is 3.00. The molecular weight excluding hydrogens is 245 g/mol. The molecule has 0 bridgehead atoms. The standard InChI is InChI=1S/C14H18FN3O/c1-4-18(3)14(19)10(2)17-9-12-6-5-11(8-16)7-13(12)15/h5-7,10,17H,4,9H2,1-3H3. The Labute approximate surface area is 112 Å². The fourth-order valence-corrected chi connectivity index (χ4v) is 1.60. The van der Waals surface area contributed by atoms with Crippen molar-refractivity contribution in [3.8, 4) is 6.07 Å². The van der Waals surface area contributed by atoms with Crippen molar-refractivity contribution < 1.29 is 9.18 Å². The molecule has 1 rings (SSSR count). The third kappa shape index (κ3) is 4.04. The minimum atomic E-state index is -0.435. The summed E-state index contributed by atoms with van der Waals surface area (Å²) in [5.41, 5.74) is 0.730. The molecule has 0 fully saturated rings. The SMILES string of the molecule is CCN(C)C(=O)C(C)NCc1ccc(C#N)cc1F. The molecule has 1 unspecified atom stereocenters. The Morgan fingerprint density at radius 2 is 2.26 bits per heavy atom. The molecule has 1 amide bonds. The summed E-state index contributed by atoms with van der Waals surface area (Å²) in [5.74, 6) is -0.466. The van der Waals surface area contributed by atoms with Crippen LogP contribution >= 0.6 is 0 Å². The fraction of sp³-hybridized carbons (Fsp3) is 0.429. The maximum absolute atomic E-state index is 13.6. The van der Waals surface area contributed by atoms with Gasteiger partial charge in [0.1, 0.15) is 5.82 Å². The van der Waals surface area contributed by atoms with Gasteiger partial charge in [0.15, 0.2) is 0 Å². The van der Waals surface area contributed by atoms with E-state index in [1.807, 2.05) is 13.0 Å². The number of hydrogen-bond donors (Lipinski definition) is 1. The molecule has 0 saturated heterocycles. The van der Waals surface area contributed by atoms with Crippen molar-refractivity contribution >= 4 is 5.91 Å². The molecule has 4 nitrogen and oxygen atoms in total. The largest absolute Gasteiger partial charge is 0.345 e. The van der Waals surface area contributed by atoms with Crippen molar-refractivity contribution in [3.63, 3.8) is 0 Å². The molecular formula is C14H18FN3O. The number of nitrogens with zero attached hydrogens (tertiary/aromatic N) is 2. The maximum Gasteiger partial charge on any atom is 0.239 e. The van der Waals surface area contributed by atoms with Crippen LogP contribution in [0.1, 0.15) is 25.0 Å². The van der Waals surface area contributed by atoms with E-state index in [0.717, 1.165) is 0 Å². The first-order valence-corrected chi connectivity index (χ1v) is 6.16. The second-order valence-corrected chi connectivity index (χ2v) is 4.37. The summed E-state index contributed by atoms with van der Waals surface area (Å²) in [6.45, 7) is 4.53. The first-order chi connectivity index (χ1) is 8.99. The van der Waals surface area contributed by atoms with E-state index in [2.05, 4.69) is 5.32 Å². The Balaban J connectivity index is 2.62. The van der Waals surface area contributed by atoms with E-state index in [-0.39, 0.29) is 24.1 Å². The highest BCUT2D eigenvalue weighted by Crippen LogP contribution is 2.10. The molecule has 0 saturated carbocycles. The summed E-state index contributed by atoms with van der Waals surface area (Å²) in [6, 6.07) is 5.82. The molecule has 0 radical (unpaired) electrons. The minimum Gasteiger partial charge on any atom is -0.345 e. The predicted molar refractivity (Wildman–Crippen MR) is 70.7 cm³/mol. The first-order valence-electron chi connectivity index (χ1n) is 6.16. The van der Waals surface area contributed by atoms with Crippen LogP contribution in [0.25, 0.3) is 0 Å². The Morgan fingerprint density at radius 1 is 1.58 bits per heavy atom. The molecule has 5 heteroatoms. The van der Waals surface area contributed by atoms with Crippen molar-refractivity contribution in [2.75, 3.05) is 13.6 Å². The molecule has 1 N–H and O–H groups in total. The van der Waals surface area contributed by atoms with Crippen LogP contribution < -0.4 is 5.32 Å². The van der Waals surface area contributed by atoms with Gasteiger partial charge < -0.3 is 10.2 Å². The van der Waals surface area contributed by atoms with E-state index in [4.69, 9.17) is 5.26 Å².